The number of carboxylic acid groups (broad SMARTS) is 1. The van der Waals surface area contributed by atoms with E-state index in [0.29, 0.717) is 12.0 Å². The largest absolute Gasteiger partial charge is 0.478 e. The Labute approximate surface area is 226 Å². The van der Waals surface area contributed by atoms with Crippen molar-refractivity contribution in [3.63, 3.8) is 0 Å². The first-order valence-electron chi connectivity index (χ1n) is 13.3. The van der Waals surface area contributed by atoms with E-state index in [1.165, 1.54) is 46.3 Å². The van der Waals surface area contributed by atoms with Crippen LogP contribution in [0.15, 0.2) is 96.6 Å². The Hall–Kier alpha value is -4.77. The number of allylic oxidation sites excluding steroid dienone is 1. The van der Waals surface area contributed by atoms with Crippen LogP contribution in [0.1, 0.15) is 67.4 Å². The fourth-order valence-electron chi connectivity index (χ4n) is 6.50. The monoisotopic (exact) mass is 511 g/mol. The summed E-state index contributed by atoms with van der Waals surface area (Å²) in [7, 11) is 0. The van der Waals surface area contributed by atoms with Gasteiger partial charge in [-0.1, -0.05) is 55.0 Å². The lowest BCUT2D eigenvalue weighted by molar-refractivity contribution is 0.0696. The van der Waals surface area contributed by atoms with Gasteiger partial charge < -0.3 is 10.0 Å². The van der Waals surface area contributed by atoms with Gasteiger partial charge in [-0.3, -0.25) is 9.59 Å². The zero-order valence-corrected chi connectivity index (χ0v) is 21.1. The Kier molecular flexibility index (Phi) is 5.34. The number of carbonyl (C=O) groups excluding carboxylic acids is 2. The molecule has 2 aliphatic carbocycles. The van der Waals surface area contributed by atoms with Crippen LogP contribution in [-0.2, 0) is 0 Å². The topological polar surface area (TPSA) is 74.7 Å². The minimum Gasteiger partial charge on any atom is -0.478 e. The van der Waals surface area contributed by atoms with Gasteiger partial charge in [0.25, 0.3) is 0 Å². The SMILES string of the molecule is O=C(O)c1ccc2c(c1)C(=O)/C(=C\c1ccc3c(c1)C1CCCC1N3c1ccc(-c3ccccc3)cc1)C2=O. The molecule has 7 rings (SSSR count). The molecule has 0 bridgehead atoms. The quantitative estimate of drug-likeness (QED) is 0.230. The number of Topliss-reactive ketones (excluding diaryl/α,β-unsaturated/α-hetero) is 2. The van der Waals surface area contributed by atoms with E-state index in [0.717, 1.165) is 24.8 Å². The lowest BCUT2D eigenvalue weighted by atomic mass is 9.95. The standard InChI is InChI=1S/C34H25NO4/c36-32-26-15-12-23(34(38)39)19-28(26)33(37)29(32)18-20-9-16-31-27(17-20)25-7-4-8-30(25)35(31)24-13-10-22(11-14-24)21-5-2-1-3-6-21/h1-3,5-6,9-19,25,30H,4,7-8H2,(H,38,39)/b29-18-. The number of hydrogen-bond donors (Lipinski definition) is 1. The molecule has 2 atom stereocenters. The molecule has 4 aromatic carbocycles. The zero-order valence-electron chi connectivity index (χ0n) is 21.1. The molecule has 4 aromatic rings. The maximum Gasteiger partial charge on any atom is 0.335 e. The average molecular weight is 512 g/mol. The van der Waals surface area contributed by atoms with Crippen molar-refractivity contribution >= 4 is 35.0 Å². The summed E-state index contributed by atoms with van der Waals surface area (Å²) >= 11 is 0. The number of aromatic carboxylic acids is 1. The van der Waals surface area contributed by atoms with Gasteiger partial charge in [-0.15, -0.1) is 0 Å². The van der Waals surface area contributed by atoms with Gasteiger partial charge in [-0.25, -0.2) is 4.79 Å². The molecular weight excluding hydrogens is 486 g/mol. The van der Waals surface area contributed by atoms with Crippen LogP contribution < -0.4 is 4.90 Å². The summed E-state index contributed by atoms with van der Waals surface area (Å²) in [4.78, 5) is 39.9. The first kappa shape index (κ1) is 23.4. The van der Waals surface area contributed by atoms with E-state index in [1.807, 2.05) is 12.1 Å². The molecule has 1 fully saturated rings. The molecule has 39 heavy (non-hydrogen) atoms. The van der Waals surface area contributed by atoms with Crippen molar-refractivity contribution < 1.29 is 19.5 Å². The fourth-order valence-corrected chi connectivity index (χ4v) is 6.50. The molecule has 0 amide bonds. The van der Waals surface area contributed by atoms with Crippen molar-refractivity contribution in [1.29, 1.82) is 0 Å². The smallest absolute Gasteiger partial charge is 0.335 e. The van der Waals surface area contributed by atoms with Gasteiger partial charge in [0, 0.05) is 34.5 Å². The normalized spacial score (nSPS) is 20.3. The lowest BCUT2D eigenvalue weighted by Crippen LogP contribution is -2.26. The molecule has 0 spiro atoms. The van der Waals surface area contributed by atoms with Crippen LogP contribution in [-0.4, -0.2) is 28.7 Å². The molecule has 5 nitrogen and oxygen atoms in total. The maximum atomic E-state index is 13.1. The average Bonchev–Trinajstić information content (AvgIpc) is 3.62. The van der Waals surface area contributed by atoms with E-state index < -0.39 is 11.8 Å². The minimum atomic E-state index is -1.13. The number of hydrogen-bond acceptors (Lipinski definition) is 4. The van der Waals surface area contributed by atoms with E-state index in [-0.39, 0.29) is 28.0 Å². The van der Waals surface area contributed by atoms with Crippen LogP contribution in [0, 0.1) is 0 Å². The summed E-state index contributed by atoms with van der Waals surface area (Å²) in [5.41, 5.74) is 7.29. The molecule has 0 saturated heterocycles. The molecule has 0 radical (unpaired) electrons. The van der Waals surface area contributed by atoms with E-state index in [9.17, 15) is 19.5 Å². The number of carbonyl (C=O) groups is 3. The second-order valence-electron chi connectivity index (χ2n) is 10.5. The van der Waals surface area contributed by atoms with Crippen LogP contribution in [0.5, 0.6) is 0 Å². The summed E-state index contributed by atoms with van der Waals surface area (Å²) in [5, 5.41) is 9.29. The van der Waals surface area contributed by atoms with Gasteiger partial charge >= 0.3 is 5.97 Å². The lowest BCUT2D eigenvalue weighted by Gasteiger charge is -2.27. The number of rotatable bonds is 4. The zero-order chi connectivity index (χ0) is 26.7. The number of nitrogens with zero attached hydrogens (tertiary/aromatic N) is 1. The van der Waals surface area contributed by atoms with E-state index in [2.05, 4.69) is 65.6 Å². The Morgan fingerprint density at radius 3 is 2.31 bits per heavy atom. The molecule has 2 unspecified atom stereocenters. The first-order chi connectivity index (χ1) is 19.0. The summed E-state index contributed by atoms with van der Waals surface area (Å²) < 4.78 is 0. The maximum absolute atomic E-state index is 13.1. The number of anilines is 2. The fraction of sp³-hybridized carbons (Fsp3) is 0.147. The summed E-state index contributed by atoms with van der Waals surface area (Å²) in [5.74, 6) is -1.50. The van der Waals surface area contributed by atoms with Crippen LogP contribution >= 0.6 is 0 Å². The van der Waals surface area contributed by atoms with Crippen LogP contribution in [0.2, 0.25) is 0 Å². The van der Waals surface area contributed by atoms with Crippen molar-refractivity contribution in [2.24, 2.45) is 0 Å². The van der Waals surface area contributed by atoms with Crippen molar-refractivity contribution in [3.8, 4) is 11.1 Å². The van der Waals surface area contributed by atoms with Gasteiger partial charge in [-0.05, 0) is 83.6 Å². The first-order valence-corrected chi connectivity index (χ1v) is 13.3. The predicted octanol–water partition coefficient (Wildman–Crippen LogP) is 7.30. The molecule has 0 aromatic heterocycles. The number of ketones is 2. The molecule has 1 saturated carbocycles. The van der Waals surface area contributed by atoms with Gasteiger partial charge in [0.1, 0.15) is 0 Å². The van der Waals surface area contributed by atoms with Gasteiger partial charge in [0.05, 0.1) is 11.1 Å². The molecule has 3 aliphatic rings. The minimum absolute atomic E-state index is 0.00199. The molecule has 190 valence electrons. The molecule has 1 aliphatic heterocycles. The molecule has 1 N–H and O–H groups in total. The van der Waals surface area contributed by atoms with E-state index in [4.69, 9.17) is 0 Å². The Morgan fingerprint density at radius 2 is 1.54 bits per heavy atom. The number of benzene rings is 4. The predicted molar refractivity (Wildman–Crippen MR) is 151 cm³/mol. The highest BCUT2D eigenvalue weighted by Crippen LogP contribution is 2.52. The third-order valence-corrected chi connectivity index (χ3v) is 8.33. The van der Waals surface area contributed by atoms with Crippen molar-refractivity contribution in [2.75, 3.05) is 4.90 Å². The second kappa shape index (κ2) is 8.91. The highest BCUT2D eigenvalue weighted by molar-refractivity contribution is 6.41. The highest BCUT2D eigenvalue weighted by Gasteiger charge is 2.42. The van der Waals surface area contributed by atoms with E-state index >= 15 is 0 Å². The number of fused-ring (bicyclic) bond motifs is 4. The Bertz CT molecular complexity index is 1700. The van der Waals surface area contributed by atoms with Crippen molar-refractivity contribution in [3.05, 3.63) is 124 Å². The Balaban J connectivity index is 1.23. The van der Waals surface area contributed by atoms with E-state index in [1.54, 1.807) is 6.08 Å². The molecule has 1 heterocycles. The van der Waals surface area contributed by atoms with Crippen molar-refractivity contribution in [2.45, 2.75) is 31.2 Å². The highest BCUT2D eigenvalue weighted by atomic mass is 16.4. The van der Waals surface area contributed by atoms with Gasteiger partial charge in [0.15, 0.2) is 11.6 Å². The Morgan fingerprint density at radius 1 is 0.795 bits per heavy atom. The van der Waals surface area contributed by atoms with Crippen LogP contribution in [0.4, 0.5) is 11.4 Å². The second-order valence-corrected chi connectivity index (χ2v) is 10.5. The van der Waals surface area contributed by atoms with Crippen LogP contribution in [0.3, 0.4) is 0 Å². The summed E-state index contributed by atoms with van der Waals surface area (Å²) in [6.07, 6.45) is 5.05. The summed E-state index contributed by atoms with van der Waals surface area (Å²) in [6.45, 7) is 0. The van der Waals surface area contributed by atoms with Gasteiger partial charge in [-0.2, -0.15) is 0 Å². The van der Waals surface area contributed by atoms with Gasteiger partial charge in [0.2, 0.25) is 0 Å². The molecule has 5 heteroatoms. The van der Waals surface area contributed by atoms with Crippen LogP contribution in [0.25, 0.3) is 17.2 Å². The third-order valence-electron chi connectivity index (χ3n) is 8.33. The number of carboxylic acids is 1. The molecular formula is C34H25NO4. The van der Waals surface area contributed by atoms with Crippen molar-refractivity contribution in [1.82, 2.24) is 0 Å². The summed E-state index contributed by atoms with van der Waals surface area (Å²) in [6, 6.07) is 29.8. The third kappa shape index (κ3) is 3.73.